The number of anilines is 2. The van der Waals surface area contributed by atoms with Crippen LogP contribution in [0.4, 0.5) is 11.4 Å². The molecule has 27 heavy (non-hydrogen) atoms. The lowest BCUT2D eigenvalue weighted by molar-refractivity contribution is -0.116. The number of nitrogens with one attached hydrogen (secondary N) is 2. The van der Waals surface area contributed by atoms with Gasteiger partial charge < -0.3 is 14.8 Å². The van der Waals surface area contributed by atoms with Crippen LogP contribution < -0.4 is 19.5 Å². The highest BCUT2D eigenvalue weighted by Gasteiger charge is 2.22. The van der Waals surface area contributed by atoms with Crippen molar-refractivity contribution in [1.82, 2.24) is 0 Å². The normalized spacial score (nSPS) is 16.7. The van der Waals surface area contributed by atoms with Crippen LogP contribution in [0.15, 0.2) is 46.2 Å². The molecule has 0 bridgehead atoms. The Balaban J connectivity index is 1.91. The summed E-state index contributed by atoms with van der Waals surface area (Å²) in [5, 5.41) is 2.90. The number of carbonyl (C=O) groups excluding carboxylic acids is 1. The molecule has 3 rings (SSSR count). The molecular weight excluding hydrogens is 388 g/mol. The molecule has 0 radical (unpaired) electrons. The Morgan fingerprint density at radius 1 is 1.11 bits per heavy atom. The molecule has 9 heteroatoms. The zero-order chi connectivity index (χ0) is 19.6. The van der Waals surface area contributed by atoms with Gasteiger partial charge in [-0.25, -0.2) is 8.42 Å². The summed E-state index contributed by atoms with van der Waals surface area (Å²) in [5.41, 5.74) is 0.846. The van der Waals surface area contributed by atoms with Crippen molar-refractivity contribution in [3.63, 3.8) is 0 Å². The summed E-state index contributed by atoms with van der Waals surface area (Å²) in [5.74, 6) is 0.785. The summed E-state index contributed by atoms with van der Waals surface area (Å²) >= 11 is 1.54. The molecule has 7 nitrogen and oxygen atoms in total. The molecule has 0 fully saturated rings. The lowest BCUT2D eigenvalue weighted by Crippen LogP contribution is -2.15. The first-order valence-corrected chi connectivity index (χ1v) is 10.5. The second-order valence-electron chi connectivity index (χ2n) is 6.01. The van der Waals surface area contributed by atoms with Crippen LogP contribution >= 0.6 is 11.8 Å². The topological polar surface area (TPSA) is 93.7 Å². The van der Waals surface area contributed by atoms with E-state index in [-0.39, 0.29) is 16.1 Å². The van der Waals surface area contributed by atoms with E-state index >= 15 is 0 Å². The van der Waals surface area contributed by atoms with E-state index in [4.69, 9.17) is 9.47 Å². The van der Waals surface area contributed by atoms with Crippen molar-refractivity contribution in [3.8, 4) is 11.5 Å². The van der Waals surface area contributed by atoms with Crippen molar-refractivity contribution < 1.29 is 22.7 Å². The first kappa shape index (κ1) is 19.4. The number of thioether (sulfide) groups is 1. The number of hydrogen-bond acceptors (Lipinski definition) is 6. The van der Waals surface area contributed by atoms with Crippen LogP contribution in [0, 0.1) is 0 Å². The number of amides is 1. The minimum atomic E-state index is -3.84. The van der Waals surface area contributed by atoms with Crippen LogP contribution in [0.25, 0.3) is 0 Å². The number of carbonyl (C=O) groups is 1. The fourth-order valence-corrected chi connectivity index (χ4v) is 4.84. The average Bonchev–Trinajstić information content (AvgIpc) is 2.76. The molecule has 0 aromatic heterocycles. The molecule has 1 atom stereocenters. The highest BCUT2D eigenvalue weighted by Crippen LogP contribution is 2.37. The fourth-order valence-electron chi connectivity index (χ4n) is 2.71. The van der Waals surface area contributed by atoms with E-state index in [1.807, 2.05) is 6.92 Å². The van der Waals surface area contributed by atoms with Gasteiger partial charge in [0, 0.05) is 22.6 Å². The Hall–Kier alpha value is -2.39. The fraction of sp³-hybridized carbons (Fsp3) is 0.278. The van der Waals surface area contributed by atoms with Gasteiger partial charge >= 0.3 is 0 Å². The van der Waals surface area contributed by atoms with E-state index < -0.39 is 10.0 Å². The number of rotatable bonds is 5. The third-order valence-electron chi connectivity index (χ3n) is 3.97. The molecule has 2 aromatic carbocycles. The van der Waals surface area contributed by atoms with Gasteiger partial charge in [0.1, 0.15) is 0 Å². The summed E-state index contributed by atoms with van der Waals surface area (Å²) in [6, 6.07) is 9.46. The molecule has 144 valence electrons. The smallest absolute Gasteiger partial charge is 0.261 e. The van der Waals surface area contributed by atoms with Crippen LogP contribution in [-0.2, 0) is 14.8 Å². The van der Waals surface area contributed by atoms with Gasteiger partial charge in [0.15, 0.2) is 11.5 Å². The van der Waals surface area contributed by atoms with E-state index in [0.29, 0.717) is 29.3 Å². The molecule has 0 saturated carbocycles. The minimum Gasteiger partial charge on any atom is -0.493 e. The van der Waals surface area contributed by atoms with Gasteiger partial charge in [0.25, 0.3) is 10.0 Å². The van der Waals surface area contributed by atoms with E-state index in [0.717, 1.165) is 4.90 Å². The maximum atomic E-state index is 12.8. The Morgan fingerprint density at radius 2 is 1.85 bits per heavy atom. The number of ether oxygens (including phenoxy) is 2. The minimum absolute atomic E-state index is 0.0616. The lowest BCUT2D eigenvalue weighted by atomic mass is 10.3. The third kappa shape index (κ3) is 4.30. The quantitative estimate of drug-likeness (QED) is 0.788. The van der Waals surface area contributed by atoms with Crippen LogP contribution in [-0.4, -0.2) is 33.8 Å². The van der Waals surface area contributed by atoms with Crippen LogP contribution in [0.5, 0.6) is 11.5 Å². The molecule has 0 aliphatic carbocycles. The molecule has 1 heterocycles. The third-order valence-corrected chi connectivity index (χ3v) is 6.53. The Kier molecular flexibility index (Phi) is 5.52. The Labute approximate surface area is 162 Å². The number of methoxy groups -OCH3 is 2. The number of hydrogen-bond donors (Lipinski definition) is 2. The summed E-state index contributed by atoms with van der Waals surface area (Å²) in [7, 11) is -0.861. The van der Waals surface area contributed by atoms with Gasteiger partial charge in [-0.2, -0.15) is 0 Å². The molecule has 0 saturated heterocycles. The van der Waals surface area contributed by atoms with Crippen LogP contribution in [0.3, 0.4) is 0 Å². The molecular formula is C18H20N2O5S2. The van der Waals surface area contributed by atoms with Crippen molar-refractivity contribution >= 4 is 39.1 Å². The number of fused-ring (bicyclic) bond motifs is 1. The van der Waals surface area contributed by atoms with Crippen molar-refractivity contribution in [2.45, 2.75) is 28.4 Å². The zero-order valence-electron chi connectivity index (χ0n) is 15.1. The number of sulfonamides is 1. The van der Waals surface area contributed by atoms with Gasteiger partial charge in [0.05, 0.1) is 30.5 Å². The second kappa shape index (κ2) is 7.69. The molecule has 1 aliphatic heterocycles. The molecule has 1 unspecified atom stereocenters. The average molecular weight is 409 g/mol. The number of benzene rings is 2. The van der Waals surface area contributed by atoms with E-state index in [9.17, 15) is 13.2 Å². The lowest BCUT2D eigenvalue weighted by Gasteiger charge is -2.13. The summed E-state index contributed by atoms with van der Waals surface area (Å²) < 4.78 is 38.4. The van der Waals surface area contributed by atoms with Gasteiger partial charge in [0.2, 0.25) is 5.91 Å². The van der Waals surface area contributed by atoms with Gasteiger partial charge in [-0.15, -0.1) is 11.8 Å². The predicted molar refractivity (Wildman–Crippen MR) is 105 cm³/mol. The summed E-state index contributed by atoms with van der Waals surface area (Å²) in [4.78, 5) is 12.8. The highest BCUT2D eigenvalue weighted by atomic mass is 32.2. The maximum absolute atomic E-state index is 12.8. The van der Waals surface area contributed by atoms with E-state index in [1.54, 1.807) is 24.3 Å². The molecule has 0 spiro atoms. The molecule has 2 aromatic rings. The first-order chi connectivity index (χ1) is 12.8. The van der Waals surface area contributed by atoms with E-state index in [2.05, 4.69) is 10.0 Å². The predicted octanol–water partition coefficient (Wildman–Crippen LogP) is 3.33. The van der Waals surface area contributed by atoms with Crippen LogP contribution in [0.1, 0.15) is 13.3 Å². The van der Waals surface area contributed by atoms with Gasteiger partial charge in [-0.3, -0.25) is 9.52 Å². The van der Waals surface area contributed by atoms with Gasteiger partial charge in [-0.1, -0.05) is 6.92 Å². The SMILES string of the molecule is COc1ccc(NS(=O)(=O)c2ccc3c(c2)NC(=O)CC(C)S3)cc1OC. The Bertz CT molecular complexity index is 976. The Morgan fingerprint density at radius 3 is 2.56 bits per heavy atom. The van der Waals surface area contributed by atoms with Crippen molar-refractivity contribution in [1.29, 1.82) is 0 Å². The standard InChI is InChI=1S/C18H20N2O5S2/c1-11-8-18(21)19-14-10-13(5-7-17(14)26-11)27(22,23)20-12-4-6-15(24-2)16(9-12)25-3/h4-7,9-11,20H,8H2,1-3H3,(H,19,21). The maximum Gasteiger partial charge on any atom is 0.261 e. The summed E-state index contributed by atoms with van der Waals surface area (Å²) in [6.45, 7) is 1.96. The second-order valence-corrected chi connectivity index (χ2v) is 9.18. The van der Waals surface area contributed by atoms with Gasteiger partial charge in [-0.05, 0) is 30.3 Å². The van der Waals surface area contributed by atoms with Crippen molar-refractivity contribution in [2.75, 3.05) is 24.3 Å². The highest BCUT2D eigenvalue weighted by molar-refractivity contribution is 8.00. The van der Waals surface area contributed by atoms with Crippen LogP contribution in [0.2, 0.25) is 0 Å². The van der Waals surface area contributed by atoms with E-state index in [1.165, 1.54) is 38.1 Å². The largest absolute Gasteiger partial charge is 0.493 e. The molecule has 1 aliphatic rings. The molecule has 1 amide bonds. The zero-order valence-corrected chi connectivity index (χ0v) is 16.7. The van der Waals surface area contributed by atoms with Crippen molar-refractivity contribution in [3.05, 3.63) is 36.4 Å². The van der Waals surface area contributed by atoms with Crippen molar-refractivity contribution in [2.24, 2.45) is 0 Å². The summed E-state index contributed by atoms with van der Waals surface area (Å²) in [6.07, 6.45) is 0.380. The monoisotopic (exact) mass is 408 g/mol. The first-order valence-electron chi connectivity index (χ1n) is 8.18. The molecule has 2 N–H and O–H groups in total.